The Hall–Kier alpha value is -2.02. The number of rotatable bonds is 7. The summed E-state index contributed by atoms with van der Waals surface area (Å²) in [7, 11) is 2.57. The van der Waals surface area contributed by atoms with Crippen LogP contribution in [0.5, 0.6) is 0 Å². The number of benzene rings is 1. The van der Waals surface area contributed by atoms with Gasteiger partial charge in [-0.3, -0.25) is 4.79 Å². The molecule has 120 valence electrons. The molecule has 0 fully saturated rings. The van der Waals surface area contributed by atoms with Gasteiger partial charge in [0.2, 0.25) is 0 Å². The van der Waals surface area contributed by atoms with Crippen molar-refractivity contribution in [1.29, 1.82) is 0 Å². The molecule has 1 rings (SSSR count). The van der Waals surface area contributed by atoms with E-state index in [2.05, 4.69) is 14.8 Å². The van der Waals surface area contributed by atoms with E-state index in [1.165, 1.54) is 38.5 Å². The van der Waals surface area contributed by atoms with Crippen LogP contribution in [0.4, 0.5) is 0 Å². The van der Waals surface area contributed by atoms with Gasteiger partial charge in [0.15, 0.2) is 0 Å². The van der Waals surface area contributed by atoms with Crippen LogP contribution in [0, 0.1) is 0 Å². The number of methoxy groups -OCH3 is 2. The standard InChI is InChI=1S/C15H19NO5S/c1-20-14(18)11-6-4-10(5-7-11)13(17)16-12(8-9-22-3)15(19)21-2/h4-7,12H,8-9H2,1-3H3,(H,16,17)/t12-/m1/s1. The average Bonchev–Trinajstić information content (AvgIpc) is 2.56. The summed E-state index contributed by atoms with van der Waals surface area (Å²) in [4.78, 5) is 35.1. The van der Waals surface area contributed by atoms with Crippen LogP contribution < -0.4 is 5.32 Å². The van der Waals surface area contributed by atoms with Gasteiger partial charge in [0.05, 0.1) is 19.8 Å². The predicted molar refractivity (Wildman–Crippen MR) is 84.1 cm³/mol. The fourth-order valence-electron chi connectivity index (χ4n) is 1.74. The average molecular weight is 325 g/mol. The van der Waals surface area contributed by atoms with Crippen LogP contribution in [0.2, 0.25) is 0 Å². The highest BCUT2D eigenvalue weighted by atomic mass is 32.2. The van der Waals surface area contributed by atoms with Gasteiger partial charge in [-0.2, -0.15) is 11.8 Å². The molecule has 0 aliphatic carbocycles. The number of esters is 2. The Kier molecular flexibility index (Phi) is 7.45. The number of carbonyl (C=O) groups excluding carboxylic acids is 3. The van der Waals surface area contributed by atoms with E-state index in [1.807, 2.05) is 6.26 Å². The molecule has 0 saturated heterocycles. The van der Waals surface area contributed by atoms with Crippen molar-refractivity contribution in [2.75, 3.05) is 26.2 Å². The van der Waals surface area contributed by atoms with E-state index >= 15 is 0 Å². The lowest BCUT2D eigenvalue weighted by Crippen LogP contribution is -2.41. The molecule has 0 aromatic heterocycles. The molecule has 1 aromatic carbocycles. The van der Waals surface area contributed by atoms with Crippen LogP contribution in [-0.4, -0.2) is 50.1 Å². The first-order chi connectivity index (χ1) is 10.5. The van der Waals surface area contributed by atoms with E-state index in [4.69, 9.17) is 0 Å². The zero-order valence-electron chi connectivity index (χ0n) is 12.8. The molecule has 1 N–H and O–H groups in total. The highest BCUT2D eigenvalue weighted by Gasteiger charge is 2.21. The molecule has 0 bridgehead atoms. The first-order valence-corrected chi connectivity index (χ1v) is 7.98. The van der Waals surface area contributed by atoms with Crippen molar-refractivity contribution >= 4 is 29.6 Å². The van der Waals surface area contributed by atoms with Crippen LogP contribution >= 0.6 is 11.8 Å². The van der Waals surface area contributed by atoms with E-state index in [1.54, 1.807) is 11.8 Å². The zero-order chi connectivity index (χ0) is 16.5. The third-order valence-corrected chi connectivity index (χ3v) is 3.61. The number of nitrogens with one attached hydrogen (secondary N) is 1. The van der Waals surface area contributed by atoms with E-state index in [0.717, 1.165) is 5.75 Å². The SMILES string of the molecule is COC(=O)c1ccc(C(=O)N[C@H](CCSC)C(=O)OC)cc1. The van der Waals surface area contributed by atoms with Gasteiger partial charge in [-0.25, -0.2) is 9.59 Å². The molecule has 0 radical (unpaired) electrons. The van der Waals surface area contributed by atoms with Crippen molar-refractivity contribution in [2.45, 2.75) is 12.5 Å². The molecule has 0 saturated carbocycles. The van der Waals surface area contributed by atoms with Crippen molar-refractivity contribution in [3.05, 3.63) is 35.4 Å². The van der Waals surface area contributed by atoms with E-state index in [9.17, 15) is 14.4 Å². The Balaban J connectivity index is 2.76. The lowest BCUT2D eigenvalue weighted by atomic mass is 10.1. The number of ether oxygens (including phenoxy) is 2. The third kappa shape index (κ3) is 5.07. The van der Waals surface area contributed by atoms with Crippen molar-refractivity contribution < 1.29 is 23.9 Å². The first kappa shape index (κ1) is 18.0. The molecule has 22 heavy (non-hydrogen) atoms. The maximum atomic E-state index is 12.1. The Morgan fingerprint density at radius 2 is 1.68 bits per heavy atom. The lowest BCUT2D eigenvalue weighted by molar-refractivity contribution is -0.142. The highest BCUT2D eigenvalue weighted by molar-refractivity contribution is 7.98. The second kappa shape index (κ2) is 9.09. The molecular weight excluding hydrogens is 306 g/mol. The largest absolute Gasteiger partial charge is 0.467 e. The predicted octanol–water partition coefficient (Wildman–Crippen LogP) is 1.50. The minimum atomic E-state index is -0.690. The summed E-state index contributed by atoms with van der Waals surface area (Å²) in [6, 6.07) is 5.31. The number of hydrogen-bond donors (Lipinski definition) is 1. The van der Waals surface area contributed by atoms with Crippen molar-refractivity contribution in [3.63, 3.8) is 0 Å². The Morgan fingerprint density at radius 3 is 2.18 bits per heavy atom. The number of carbonyl (C=O) groups is 3. The van der Waals surface area contributed by atoms with Crippen LogP contribution in [-0.2, 0) is 14.3 Å². The molecule has 7 heteroatoms. The quantitative estimate of drug-likeness (QED) is 0.765. The third-order valence-electron chi connectivity index (χ3n) is 2.97. The second-order valence-electron chi connectivity index (χ2n) is 4.40. The monoisotopic (exact) mass is 325 g/mol. The molecular formula is C15H19NO5S. The van der Waals surface area contributed by atoms with Crippen molar-refractivity contribution in [2.24, 2.45) is 0 Å². The first-order valence-electron chi connectivity index (χ1n) is 6.59. The number of amides is 1. The van der Waals surface area contributed by atoms with Crippen LogP contribution in [0.15, 0.2) is 24.3 Å². The van der Waals surface area contributed by atoms with Crippen molar-refractivity contribution in [3.8, 4) is 0 Å². The summed E-state index contributed by atoms with van der Waals surface area (Å²) >= 11 is 1.58. The van der Waals surface area contributed by atoms with Crippen LogP contribution in [0.3, 0.4) is 0 Å². The molecule has 0 spiro atoms. The summed E-state index contributed by atoms with van der Waals surface area (Å²) in [6.45, 7) is 0. The summed E-state index contributed by atoms with van der Waals surface area (Å²) in [5.41, 5.74) is 0.705. The van der Waals surface area contributed by atoms with Gasteiger partial charge >= 0.3 is 11.9 Å². The Labute approximate surface area is 133 Å². The molecule has 1 aromatic rings. The smallest absolute Gasteiger partial charge is 0.337 e. The van der Waals surface area contributed by atoms with E-state index < -0.39 is 23.9 Å². The molecule has 0 aliphatic heterocycles. The van der Waals surface area contributed by atoms with Gasteiger partial charge in [0.1, 0.15) is 6.04 Å². The molecule has 1 amide bonds. The Bertz CT molecular complexity index is 529. The van der Waals surface area contributed by atoms with Gasteiger partial charge in [-0.05, 0) is 42.7 Å². The minimum Gasteiger partial charge on any atom is -0.467 e. The van der Waals surface area contributed by atoms with E-state index in [-0.39, 0.29) is 0 Å². The van der Waals surface area contributed by atoms with Crippen molar-refractivity contribution in [1.82, 2.24) is 5.32 Å². The number of thioether (sulfide) groups is 1. The normalized spacial score (nSPS) is 11.4. The molecule has 0 heterocycles. The second-order valence-corrected chi connectivity index (χ2v) is 5.39. The molecule has 0 unspecified atom stereocenters. The van der Waals surface area contributed by atoms with Crippen LogP contribution in [0.1, 0.15) is 27.1 Å². The lowest BCUT2D eigenvalue weighted by Gasteiger charge is -2.16. The summed E-state index contributed by atoms with van der Waals surface area (Å²) in [5.74, 6) is -0.623. The fraction of sp³-hybridized carbons (Fsp3) is 0.400. The molecule has 1 atom stereocenters. The summed E-state index contributed by atoms with van der Waals surface area (Å²) < 4.78 is 9.28. The van der Waals surface area contributed by atoms with Gasteiger partial charge in [-0.1, -0.05) is 0 Å². The summed E-state index contributed by atoms with van der Waals surface area (Å²) in [5, 5.41) is 2.64. The zero-order valence-corrected chi connectivity index (χ0v) is 13.6. The topological polar surface area (TPSA) is 81.7 Å². The van der Waals surface area contributed by atoms with Crippen LogP contribution in [0.25, 0.3) is 0 Å². The van der Waals surface area contributed by atoms with Gasteiger partial charge in [0, 0.05) is 5.56 Å². The minimum absolute atomic E-state index is 0.353. The summed E-state index contributed by atoms with van der Waals surface area (Å²) in [6.07, 6.45) is 2.40. The maximum Gasteiger partial charge on any atom is 0.337 e. The van der Waals surface area contributed by atoms with E-state index in [0.29, 0.717) is 17.5 Å². The Morgan fingerprint density at radius 1 is 1.09 bits per heavy atom. The molecule has 0 aliphatic rings. The fourth-order valence-corrected chi connectivity index (χ4v) is 2.22. The highest BCUT2D eigenvalue weighted by Crippen LogP contribution is 2.08. The van der Waals surface area contributed by atoms with Gasteiger partial charge in [0.25, 0.3) is 5.91 Å². The molecule has 6 nitrogen and oxygen atoms in total. The maximum absolute atomic E-state index is 12.1. The van der Waals surface area contributed by atoms with Gasteiger partial charge < -0.3 is 14.8 Å². The van der Waals surface area contributed by atoms with Gasteiger partial charge in [-0.15, -0.1) is 0 Å². The number of hydrogen-bond acceptors (Lipinski definition) is 6.